The fourth-order valence-corrected chi connectivity index (χ4v) is 4.61. The lowest BCUT2D eigenvalue weighted by atomic mass is 9.88. The van der Waals surface area contributed by atoms with Gasteiger partial charge in [0.25, 0.3) is 0 Å². The topological polar surface area (TPSA) is 41.2 Å². The van der Waals surface area contributed by atoms with Gasteiger partial charge in [-0.1, -0.05) is 6.08 Å². The number of ether oxygens (including phenoxy) is 1. The lowest BCUT2D eigenvalue weighted by Gasteiger charge is -2.30. The highest BCUT2D eigenvalue weighted by Gasteiger charge is 2.41. The van der Waals surface area contributed by atoms with E-state index in [4.69, 9.17) is 4.74 Å². The van der Waals surface area contributed by atoms with Crippen LogP contribution in [0.2, 0.25) is 0 Å². The Kier molecular flexibility index (Phi) is 3.27. The molecular formula is C19H23N3O. The van der Waals surface area contributed by atoms with Gasteiger partial charge in [-0.3, -0.25) is 4.90 Å². The van der Waals surface area contributed by atoms with Crippen LogP contribution in [0, 0.1) is 5.92 Å². The van der Waals surface area contributed by atoms with E-state index in [1.54, 1.807) is 0 Å². The van der Waals surface area contributed by atoms with Crippen molar-refractivity contribution in [3.8, 4) is 0 Å². The molecule has 4 heteroatoms. The van der Waals surface area contributed by atoms with Gasteiger partial charge in [-0.05, 0) is 43.4 Å². The molecule has 0 unspecified atom stereocenters. The average molecular weight is 309 g/mol. The molecule has 3 aliphatic heterocycles. The lowest BCUT2D eigenvalue weighted by molar-refractivity contribution is 0.0850. The van der Waals surface area contributed by atoms with Crippen molar-refractivity contribution in [1.82, 2.24) is 14.9 Å². The zero-order chi connectivity index (χ0) is 15.2. The summed E-state index contributed by atoms with van der Waals surface area (Å²) in [6.07, 6.45) is 12.5. The maximum atomic E-state index is 6.00. The highest BCUT2D eigenvalue weighted by Crippen LogP contribution is 2.39. The van der Waals surface area contributed by atoms with Crippen LogP contribution in [-0.2, 0) is 4.74 Å². The molecule has 0 amide bonds. The first-order valence-electron chi connectivity index (χ1n) is 8.86. The number of nitrogens with zero attached hydrogens (tertiary/aromatic N) is 2. The molecule has 2 saturated heterocycles. The van der Waals surface area contributed by atoms with Crippen LogP contribution in [0.5, 0.6) is 0 Å². The summed E-state index contributed by atoms with van der Waals surface area (Å²) in [7, 11) is 0. The van der Waals surface area contributed by atoms with E-state index in [1.165, 1.54) is 42.3 Å². The number of hydrogen-bond donors (Lipinski definition) is 1. The van der Waals surface area contributed by atoms with Gasteiger partial charge in [-0.2, -0.15) is 0 Å². The van der Waals surface area contributed by atoms with Gasteiger partial charge in [0, 0.05) is 48.9 Å². The van der Waals surface area contributed by atoms with E-state index in [-0.39, 0.29) is 0 Å². The van der Waals surface area contributed by atoms with Crippen LogP contribution in [0.3, 0.4) is 0 Å². The number of fused-ring (bicyclic) bond motifs is 3. The Bertz CT molecular complexity index is 750. The van der Waals surface area contributed by atoms with Gasteiger partial charge in [0.2, 0.25) is 0 Å². The standard InChI is InChI=1S/C19H23N3O/c1-2-16-17(11-21-19(16)20-7-1)13-5-8-22(9-6-13)12-14-10-15-3-4-18(14)23-15/h1-2,5,7,11,14-15,18H,3-4,6,8-10,12H2,(H,20,21)/t14-,15+,18+/m0/s1. The maximum Gasteiger partial charge on any atom is 0.137 e. The first-order chi connectivity index (χ1) is 11.4. The molecule has 5 rings (SSSR count). The second kappa shape index (κ2) is 5.46. The monoisotopic (exact) mass is 309 g/mol. The van der Waals surface area contributed by atoms with Crippen molar-refractivity contribution in [3.05, 3.63) is 36.2 Å². The summed E-state index contributed by atoms with van der Waals surface area (Å²) < 4.78 is 6.00. The van der Waals surface area contributed by atoms with Crippen LogP contribution in [-0.4, -0.2) is 46.7 Å². The Morgan fingerprint density at radius 2 is 2.35 bits per heavy atom. The number of pyridine rings is 1. The molecule has 23 heavy (non-hydrogen) atoms. The third kappa shape index (κ3) is 2.41. The average Bonchev–Trinajstić information content (AvgIpc) is 3.30. The minimum atomic E-state index is 0.546. The smallest absolute Gasteiger partial charge is 0.137 e. The fourth-order valence-electron chi connectivity index (χ4n) is 4.61. The summed E-state index contributed by atoms with van der Waals surface area (Å²) in [5.74, 6) is 0.765. The number of rotatable bonds is 3. The summed E-state index contributed by atoms with van der Waals surface area (Å²) in [4.78, 5) is 10.3. The molecule has 120 valence electrons. The summed E-state index contributed by atoms with van der Waals surface area (Å²) in [5.41, 5.74) is 3.78. The fraction of sp³-hybridized carbons (Fsp3) is 0.526. The third-order valence-electron chi connectivity index (χ3n) is 5.81. The maximum absolute atomic E-state index is 6.00. The molecule has 2 aromatic rings. The molecule has 0 radical (unpaired) electrons. The molecule has 3 aliphatic rings. The van der Waals surface area contributed by atoms with E-state index in [0.717, 1.165) is 31.1 Å². The van der Waals surface area contributed by atoms with Crippen molar-refractivity contribution in [2.24, 2.45) is 5.92 Å². The summed E-state index contributed by atoms with van der Waals surface area (Å²) in [6, 6.07) is 4.18. The van der Waals surface area contributed by atoms with Gasteiger partial charge < -0.3 is 9.72 Å². The molecule has 0 saturated carbocycles. The number of nitrogens with one attached hydrogen (secondary N) is 1. The Balaban J connectivity index is 1.29. The number of aromatic nitrogens is 2. The first kappa shape index (κ1) is 13.8. The van der Waals surface area contributed by atoms with Crippen LogP contribution < -0.4 is 0 Å². The molecule has 3 atom stereocenters. The van der Waals surface area contributed by atoms with Crippen molar-refractivity contribution >= 4 is 16.6 Å². The molecule has 2 aromatic heterocycles. The Labute approximate surface area is 136 Å². The molecule has 2 fully saturated rings. The van der Waals surface area contributed by atoms with Crippen molar-refractivity contribution in [2.45, 2.75) is 37.9 Å². The van der Waals surface area contributed by atoms with Gasteiger partial charge in [0.15, 0.2) is 0 Å². The van der Waals surface area contributed by atoms with Crippen molar-refractivity contribution < 1.29 is 4.74 Å². The van der Waals surface area contributed by atoms with Gasteiger partial charge in [-0.15, -0.1) is 0 Å². The van der Waals surface area contributed by atoms with E-state index in [0.29, 0.717) is 12.2 Å². The second-order valence-corrected chi connectivity index (χ2v) is 7.21. The Morgan fingerprint density at radius 3 is 3.13 bits per heavy atom. The largest absolute Gasteiger partial charge is 0.375 e. The lowest BCUT2D eigenvalue weighted by Crippen LogP contribution is -2.36. The van der Waals surface area contributed by atoms with Crippen LogP contribution in [0.4, 0.5) is 0 Å². The molecule has 5 heterocycles. The normalized spacial score (nSPS) is 31.0. The highest BCUT2D eigenvalue weighted by atomic mass is 16.5. The zero-order valence-electron chi connectivity index (χ0n) is 13.4. The predicted molar refractivity (Wildman–Crippen MR) is 91.1 cm³/mol. The van der Waals surface area contributed by atoms with E-state index in [9.17, 15) is 0 Å². The van der Waals surface area contributed by atoms with Crippen LogP contribution in [0.1, 0.15) is 31.2 Å². The zero-order valence-corrected chi connectivity index (χ0v) is 13.4. The summed E-state index contributed by atoms with van der Waals surface area (Å²) in [5, 5.41) is 1.24. The number of H-pyrrole nitrogens is 1. The molecular weight excluding hydrogens is 286 g/mol. The molecule has 2 bridgehead atoms. The van der Waals surface area contributed by atoms with Gasteiger partial charge in [-0.25, -0.2) is 4.98 Å². The number of aromatic amines is 1. The number of hydrogen-bond acceptors (Lipinski definition) is 3. The van der Waals surface area contributed by atoms with Gasteiger partial charge in [0.05, 0.1) is 12.2 Å². The van der Waals surface area contributed by atoms with Crippen LogP contribution >= 0.6 is 0 Å². The Morgan fingerprint density at radius 1 is 1.35 bits per heavy atom. The van der Waals surface area contributed by atoms with Gasteiger partial charge >= 0.3 is 0 Å². The SMILES string of the molecule is C1=C(c2c[nH]c3ncccc23)CCN(C[C@@H]2C[C@H]3CC[C@H]2O3)C1. The van der Waals surface area contributed by atoms with Gasteiger partial charge in [0.1, 0.15) is 5.65 Å². The van der Waals surface area contributed by atoms with E-state index in [2.05, 4.69) is 33.2 Å². The quantitative estimate of drug-likeness (QED) is 0.946. The predicted octanol–water partition coefficient (Wildman–Crippen LogP) is 3.22. The summed E-state index contributed by atoms with van der Waals surface area (Å²) in [6.45, 7) is 3.43. The Hall–Kier alpha value is -1.65. The molecule has 4 nitrogen and oxygen atoms in total. The van der Waals surface area contributed by atoms with Crippen molar-refractivity contribution in [1.29, 1.82) is 0 Å². The van der Waals surface area contributed by atoms with Crippen molar-refractivity contribution in [3.63, 3.8) is 0 Å². The molecule has 0 aromatic carbocycles. The van der Waals surface area contributed by atoms with E-state index < -0.39 is 0 Å². The second-order valence-electron chi connectivity index (χ2n) is 7.21. The molecule has 1 N–H and O–H groups in total. The third-order valence-corrected chi connectivity index (χ3v) is 5.81. The van der Waals surface area contributed by atoms with Crippen LogP contribution in [0.25, 0.3) is 16.6 Å². The highest BCUT2D eigenvalue weighted by molar-refractivity contribution is 5.90. The minimum Gasteiger partial charge on any atom is -0.375 e. The minimum absolute atomic E-state index is 0.546. The molecule has 0 aliphatic carbocycles. The van der Waals surface area contributed by atoms with E-state index in [1.807, 2.05) is 12.3 Å². The summed E-state index contributed by atoms with van der Waals surface area (Å²) >= 11 is 0. The first-order valence-corrected chi connectivity index (χ1v) is 8.86. The molecule has 0 spiro atoms. The van der Waals surface area contributed by atoms with Crippen molar-refractivity contribution in [2.75, 3.05) is 19.6 Å². The van der Waals surface area contributed by atoms with Crippen LogP contribution in [0.15, 0.2) is 30.6 Å². The van der Waals surface area contributed by atoms with E-state index >= 15 is 0 Å².